The minimum Gasteiger partial charge on any atom is -0.335 e. The maximum Gasteiger partial charge on any atom is 0.315 e. The number of nitrogens with zero attached hydrogens (tertiary/aromatic N) is 2. The van der Waals surface area contributed by atoms with Gasteiger partial charge < -0.3 is 15.5 Å². The fourth-order valence-corrected chi connectivity index (χ4v) is 3.69. The van der Waals surface area contributed by atoms with Crippen molar-refractivity contribution in [3.63, 3.8) is 0 Å². The Hall–Kier alpha value is -1.77. The van der Waals surface area contributed by atoms with E-state index in [1.165, 1.54) is 6.42 Å². The van der Waals surface area contributed by atoms with Gasteiger partial charge in [0.05, 0.1) is 6.07 Å². The summed E-state index contributed by atoms with van der Waals surface area (Å²) in [5.41, 5.74) is 0. The Labute approximate surface area is 145 Å². The predicted octanol–water partition coefficient (Wildman–Crippen LogP) is 2.55. The molecule has 1 aliphatic heterocycles. The molecule has 1 saturated carbocycles. The van der Waals surface area contributed by atoms with Gasteiger partial charge in [0.2, 0.25) is 5.91 Å². The molecule has 6 nitrogen and oxygen atoms in total. The maximum atomic E-state index is 12.8. The second-order valence-electron chi connectivity index (χ2n) is 7.45. The van der Waals surface area contributed by atoms with Crippen molar-refractivity contribution in [3.05, 3.63) is 0 Å². The van der Waals surface area contributed by atoms with Crippen LogP contribution >= 0.6 is 0 Å². The van der Waals surface area contributed by atoms with Crippen LogP contribution in [0.15, 0.2) is 0 Å². The Bertz CT molecular complexity index is 480. The van der Waals surface area contributed by atoms with Crippen LogP contribution in [0.5, 0.6) is 0 Å². The largest absolute Gasteiger partial charge is 0.335 e. The molecule has 0 aromatic carbocycles. The number of hydrogen-bond donors (Lipinski definition) is 2. The number of carbonyl (C=O) groups is 2. The second kappa shape index (κ2) is 8.91. The summed E-state index contributed by atoms with van der Waals surface area (Å²) in [5, 5.41) is 15.1. The van der Waals surface area contributed by atoms with E-state index < -0.39 is 6.04 Å². The summed E-state index contributed by atoms with van der Waals surface area (Å²) >= 11 is 0. The van der Waals surface area contributed by atoms with Gasteiger partial charge in [-0.05, 0) is 38.0 Å². The Morgan fingerprint density at radius 3 is 2.50 bits per heavy atom. The number of hydrogen-bond acceptors (Lipinski definition) is 3. The van der Waals surface area contributed by atoms with E-state index in [4.69, 9.17) is 0 Å². The third-order valence-corrected chi connectivity index (χ3v) is 4.94. The van der Waals surface area contributed by atoms with Crippen LogP contribution in [0.3, 0.4) is 0 Å². The highest BCUT2D eigenvalue weighted by Gasteiger charge is 2.34. The highest BCUT2D eigenvalue weighted by atomic mass is 16.2. The molecule has 0 bridgehead atoms. The molecule has 2 atom stereocenters. The van der Waals surface area contributed by atoms with E-state index in [1.54, 1.807) is 4.90 Å². The fourth-order valence-electron chi connectivity index (χ4n) is 3.69. The first-order valence-corrected chi connectivity index (χ1v) is 9.28. The van der Waals surface area contributed by atoms with E-state index >= 15 is 0 Å². The van der Waals surface area contributed by atoms with Crippen molar-refractivity contribution >= 4 is 11.9 Å². The van der Waals surface area contributed by atoms with E-state index in [1.807, 2.05) is 13.8 Å². The van der Waals surface area contributed by atoms with Gasteiger partial charge in [0.1, 0.15) is 12.1 Å². The van der Waals surface area contributed by atoms with Crippen molar-refractivity contribution < 1.29 is 9.59 Å². The van der Waals surface area contributed by atoms with Crippen molar-refractivity contribution in [1.29, 1.82) is 5.26 Å². The molecule has 1 heterocycles. The molecule has 0 spiro atoms. The van der Waals surface area contributed by atoms with Crippen molar-refractivity contribution in [2.45, 2.75) is 83.3 Å². The van der Waals surface area contributed by atoms with Crippen LogP contribution in [0.25, 0.3) is 0 Å². The highest BCUT2D eigenvalue weighted by molar-refractivity contribution is 5.87. The van der Waals surface area contributed by atoms with Crippen LogP contribution in [0, 0.1) is 17.2 Å². The number of likely N-dealkylation sites (tertiary alicyclic amines) is 1. The number of carbonyl (C=O) groups excluding carboxylic acids is 2. The molecule has 24 heavy (non-hydrogen) atoms. The molecule has 2 N–H and O–H groups in total. The minimum atomic E-state index is -0.553. The van der Waals surface area contributed by atoms with Crippen LogP contribution in [0.2, 0.25) is 0 Å². The fraction of sp³-hybridized carbons (Fsp3) is 0.833. The first-order chi connectivity index (χ1) is 11.5. The third-order valence-electron chi connectivity index (χ3n) is 4.94. The van der Waals surface area contributed by atoms with E-state index in [0.29, 0.717) is 13.0 Å². The molecule has 0 aromatic heterocycles. The summed E-state index contributed by atoms with van der Waals surface area (Å²) in [6.07, 6.45) is 7.73. The lowest BCUT2D eigenvalue weighted by atomic mass is 9.96. The average molecular weight is 334 g/mol. The molecule has 1 saturated heterocycles. The lowest BCUT2D eigenvalue weighted by Gasteiger charge is -2.29. The molecule has 2 rings (SSSR count). The molecule has 1 unspecified atom stereocenters. The quantitative estimate of drug-likeness (QED) is 0.810. The Balaban J connectivity index is 1.95. The Kier molecular flexibility index (Phi) is 6.89. The monoisotopic (exact) mass is 334 g/mol. The molecule has 1 aliphatic carbocycles. The number of nitrogens with one attached hydrogen (secondary N) is 2. The molecule has 0 radical (unpaired) electrons. The lowest BCUT2D eigenvalue weighted by Crippen LogP contribution is -2.54. The van der Waals surface area contributed by atoms with Gasteiger partial charge in [-0.15, -0.1) is 0 Å². The molecule has 2 fully saturated rings. The normalized spacial score (nSPS) is 22.9. The van der Waals surface area contributed by atoms with Crippen molar-refractivity contribution in [3.8, 4) is 6.07 Å². The van der Waals surface area contributed by atoms with E-state index in [2.05, 4.69) is 16.7 Å². The van der Waals surface area contributed by atoms with E-state index in [0.717, 1.165) is 38.5 Å². The van der Waals surface area contributed by atoms with E-state index in [-0.39, 0.29) is 29.9 Å². The number of urea groups is 1. The summed E-state index contributed by atoms with van der Waals surface area (Å²) < 4.78 is 0. The molecular weight excluding hydrogens is 304 g/mol. The van der Waals surface area contributed by atoms with Crippen LogP contribution in [-0.4, -0.2) is 41.5 Å². The van der Waals surface area contributed by atoms with Gasteiger partial charge in [-0.25, -0.2) is 4.79 Å². The van der Waals surface area contributed by atoms with Gasteiger partial charge in [-0.1, -0.05) is 33.1 Å². The van der Waals surface area contributed by atoms with Gasteiger partial charge in [-0.3, -0.25) is 4.79 Å². The topological polar surface area (TPSA) is 85.2 Å². The van der Waals surface area contributed by atoms with Gasteiger partial charge in [-0.2, -0.15) is 5.26 Å². The first-order valence-electron chi connectivity index (χ1n) is 9.28. The van der Waals surface area contributed by atoms with Crippen molar-refractivity contribution in [2.24, 2.45) is 5.92 Å². The van der Waals surface area contributed by atoms with Crippen LogP contribution in [0.1, 0.15) is 65.2 Å². The SMILES string of the molecule is CC(C)C[C@H](NC(=O)NC1CCCCC1)C(=O)N1CCCC1C#N. The molecule has 0 aromatic rings. The molecule has 3 amide bonds. The highest BCUT2D eigenvalue weighted by Crippen LogP contribution is 2.20. The zero-order valence-corrected chi connectivity index (χ0v) is 14.9. The number of amides is 3. The van der Waals surface area contributed by atoms with Gasteiger partial charge in [0.15, 0.2) is 0 Å². The van der Waals surface area contributed by atoms with Gasteiger partial charge in [0, 0.05) is 12.6 Å². The Morgan fingerprint density at radius 1 is 1.17 bits per heavy atom. The zero-order chi connectivity index (χ0) is 17.5. The molecule has 2 aliphatic rings. The number of rotatable bonds is 5. The van der Waals surface area contributed by atoms with Gasteiger partial charge in [0.25, 0.3) is 0 Å². The third kappa shape index (κ3) is 5.12. The lowest BCUT2D eigenvalue weighted by molar-refractivity contribution is -0.133. The van der Waals surface area contributed by atoms with Gasteiger partial charge >= 0.3 is 6.03 Å². The zero-order valence-electron chi connectivity index (χ0n) is 14.9. The van der Waals surface area contributed by atoms with Crippen LogP contribution in [-0.2, 0) is 4.79 Å². The summed E-state index contributed by atoms with van der Waals surface area (Å²) in [6.45, 7) is 4.68. The Morgan fingerprint density at radius 2 is 1.88 bits per heavy atom. The summed E-state index contributed by atoms with van der Waals surface area (Å²) in [6, 6.07) is 1.25. The second-order valence-corrected chi connectivity index (χ2v) is 7.45. The maximum absolute atomic E-state index is 12.8. The van der Waals surface area contributed by atoms with Crippen molar-refractivity contribution in [1.82, 2.24) is 15.5 Å². The first kappa shape index (κ1) is 18.6. The molecular formula is C18H30N4O2. The molecule has 6 heteroatoms. The number of nitriles is 1. The minimum absolute atomic E-state index is 0.119. The van der Waals surface area contributed by atoms with Crippen LogP contribution < -0.4 is 10.6 Å². The van der Waals surface area contributed by atoms with Crippen LogP contribution in [0.4, 0.5) is 4.79 Å². The standard InChI is InChI=1S/C18H30N4O2/c1-13(2)11-16(17(23)22-10-6-9-15(22)12-19)21-18(24)20-14-7-4-3-5-8-14/h13-16H,3-11H2,1-2H3,(H2,20,21,24)/t15?,16-/m0/s1. The smallest absolute Gasteiger partial charge is 0.315 e. The summed E-state index contributed by atoms with van der Waals surface area (Å²) in [4.78, 5) is 26.8. The predicted molar refractivity (Wildman–Crippen MR) is 92.1 cm³/mol. The average Bonchev–Trinajstić information content (AvgIpc) is 3.02. The van der Waals surface area contributed by atoms with Crippen molar-refractivity contribution in [2.75, 3.05) is 6.54 Å². The van der Waals surface area contributed by atoms with E-state index in [9.17, 15) is 14.9 Å². The summed E-state index contributed by atoms with van der Waals surface area (Å²) in [5.74, 6) is 0.170. The summed E-state index contributed by atoms with van der Waals surface area (Å²) in [7, 11) is 0. The molecule has 134 valence electrons.